The Morgan fingerprint density at radius 2 is 2.09 bits per heavy atom. The van der Waals surface area contributed by atoms with Gasteiger partial charge in [0, 0.05) is 19.0 Å². The van der Waals surface area contributed by atoms with E-state index in [0.717, 1.165) is 17.9 Å². The van der Waals surface area contributed by atoms with Gasteiger partial charge < -0.3 is 14.4 Å². The molecule has 1 aliphatic rings. The predicted octanol–water partition coefficient (Wildman–Crippen LogP) is 2.51. The number of benzene rings is 1. The van der Waals surface area contributed by atoms with Crippen molar-refractivity contribution in [2.75, 3.05) is 13.7 Å². The highest BCUT2D eigenvalue weighted by atomic mass is 16.5. The average Bonchev–Trinajstić information content (AvgIpc) is 3.15. The van der Waals surface area contributed by atoms with Gasteiger partial charge in [0.25, 0.3) is 0 Å². The molecule has 0 aliphatic carbocycles. The minimum Gasteiger partial charge on any atom is -0.497 e. The maximum atomic E-state index is 10.1. The molecule has 0 saturated carbocycles. The van der Waals surface area contributed by atoms with E-state index < -0.39 is 0 Å². The van der Waals surface area contributed by atoms with Gasteiger partial charge in [-0.2, -0.15) is 4.98 Å². The molecule has 1 N–H and O–H groups in total. The summed E-state index contributed by atoms with van der Waals surface area (Å²) in [5.74, 6) is 2.38. The fourth-order valence-electron chi connectivity index (χ4n) is 2.89. The van der Waals surface area contributed by atoms with E-state index in [9.17, 15) is 5.11 Å². The molecule has 2 heterocycles. The van der Waals surface area contributed by atoms with Gasteiger partial charge >= 0.3 is 0 Å². The molecule has 0 bridgehead atoms. The summed E-state index contributed by atoms with van der Waals surface area (Å²) in [5.41, 5.74) is 1.16. The van der Waals surface area contributed by atoms with Gasteiger partial charge in [0.15, 0.2) is 5.82 Å². The number of β-amino-alcohol motifs (C(OH)–C–C–N with tert-alkyl or cyclic N) is 1. The molecule has 0 spiro atoms. The topological polar surface area (TPSA) is 71.6 Å². The zero-order valence-corrected chi connectivity index (χ0v) is 13.8. The molecule has 2 atom stereocenters. The molecule has 1 saturated heterocycles. The summed E-state index contributed by atoms with van der Waals surface area (Å²) in [4.78, 5) is 6.68. The molecule has 6 heteroatoms. The fourth-order valence-corrected chi connectivity index (χ4v) is 2.89. The number of nitrogens with zero attached hydrogens (tertiary/aromatic N) is 3. The van der Waals surface area contributed by atoms with Crippen molar-refractivity contribution in [3.8, 4) is 5.75 Å². The molecule has 6 nitrogen and oxygen atoms in total. The van der Waals surface area contributed by atoms with Gasteiger partial charge in [-0.25, -0.2) is 0 Å². The van der Waals surface area contributed by atoms with E-state index in [1.165, 1.54) is 0 Å². The number of aliphatic hydroxyl groups is 1. The highest BCUT2D eigenvalue weighted by Gasteiger charge is 2.35. The van der Waals surface area contributed by atoms with Crippen LogP contribution in [0.4, 0.5) is 0 Å². The first kappa shape index (κ1) is 16.0. The van der Waals surface area contributed by atoms with Gasteiger partial charge in [0.2, 0.25) is 5.89 Å². The summed E-state index contributed by atoms with van der Waals surface area (Å²) in [6, 6.07) is 7.93. The van der Waals surface area contributed by atoms with Gasteiger partial charge in [-0.1, -0.05) is 31.1 Å². The summed E-state index contributed by atoms with van der Waals surface area (Å²) >= 11 is 0. The van der Waals surface area contributed by atoms with E-state index in [2.05, 4.69) is 15.0 Å². The van der Waals surface area contributed by atoms with Crippen LogP contribution >= 0.6 is 0 Å². The molecule has 1 aromatic carbocycles. The Hall–Kier alpha value is -1.92. The van der Waals surface area contributed by atoms with Crippen molar-refractivity contribution in [1.82, 2.24) is 15.0 Å². The molecule has 23 heavy (non-hydrogen) atoms. The molecule has 0 amide bonds. The zero-order valence-electron chi connectivity index (χ0n) is 13.8. The highest BCUT2D eigenvalue weighted by Crippen LogP contribution is 2.33. The maximum Gasteiger partial charge on any atom is 0.244 e. The first-order valence-corrected chi connectivity index (χ1v) is 7.95. The van der Waals surface area contributed by atoms with Gasteiger partial charge in [0.05, 0.1) is 19.3 Å². The third-order valence-corrected chi connectivity index (χ3v) is 4.18. The molecular weight excluding hydrogens is 294 g/mol. The van der Waals surface area contributed by atoms with E-state index >= 15 is 0 Å². The maximum absolute atomic E-state index is 10.1. The van der Waals surface area contributed by atoms with Crippen LogP contribution in [0.15, 0.2) is 28.8 Å². The Kier molecular flexibility index (Phi) is 4.63. The van der Waals surface area contributed by atoms with Crippen molar-refractivity contribution in [2.45, 2.75) is 44.9 Å². The quantitative estimate of drug-likeness (QED) is 0.913. The Morgan fingerprint density at radius 1 is 1.35 bits per heavy atom. The zero-order chi connectivity index (χ0) is 16.4. The molecule has 1 fully saturated rings. The Morgan fingerprint density at radius 3 is 2.70 bits per heavy atom. The SMILES string of the molecule is COc1ccc(CN2C[C@H](O)C[C@H]2c2nc(C(C)C)no2)cc1. The van der Waals surface area contributed by atoms with Crippen LogP contribution in [-0.2, 0) is 6.54 Å². The summed E-state index contributed by atoms with van der Waals surface area (Å²) < 4.78 is 10.6. The minimum absolute atomic E-state index is 0.0351. The average molecular weight is 317 g/mol. The summed E-state index contributed by atoms with van der Waals surface area (Å²) in [6.07, 6.45) is 0.253. The molecule has 3 rings (SSSR count). The lowest BCUT2D eigenvalue weighted by Gasteiger charge is -2.21. The summed E-state index contributed by atoms with van der Waals surface area (Å²) in [5, 5.41) is 14.1. The van der Waals surface area contributed by atoms with Crippen LogP contribution in [0, 0.1) is 0 Å². The van der Waals surface area contributed by atoms with Gasteiger partial charge in [-0.05, 0) is 24.1 Å². The lowest BCUT2D eigenvalue weighted by atomic mass is 10.1. The standard InChI is InChI=1S/C17H23N3O3/c1-11(2)16-18-17(23-19-16)15-8-13(21)10-20(15)9-12-4-6-14(22-3)7-5-12/h4-7,11,13,15,21H,8-10H2,1-3H3/t13-,15+/m1/s1. The number of likely N-dealkylation sites (tertiary alicyclic amines) is 1. The van der Waals surface area contributed by atoms with Gasteiger partial charge in [-0.3, -0.25) is 4.90 Å². The third kappa shape index (κ3) is 3.54. The minimum atomic E-state index is -0.368. The Balaban J connectivity index is 1.75. The van der Waals surface area contributed by atoms with Gasteiger partial charge in [-0.15, -0.1) is 0 Å². The Bertz CT molecular complexity index is 639. The lowest BCUT2D eigenvalue weighted by Crippen LogP contribution is -2.24. The van der Waals surface area contributed by atoms with Crippen molar-refractivity contribution in [1.29, 1.82) is 0 Å². The van der Waals surface area contributed by atoms with Crippen LogP contribution in [0.5, 0.6) is 5.75 Å². The van der Waals surface area contributed by atoms with E-state index in [4.69, 9.17) is 9.26 Å². The number of ether oxygens (including phenoxy) is 1. The Labute approximate surface area is 136 Å². The first-order valence-electron chi connectivity index (χ1n) is 7.95. The lowest BCUT2D eigenvalue weighted by molar-refractivity contribution is 0.169. The van der Waals surface area contributed by atoms with E-state index in [0.29, 0.717) is 24.7 Å². The molecule has 0 unspecified atom stereocenters. The van der Waals surface area contributed by atoms with Crippen LogP contribution in [0.1, 0.15) is 49.5 Å². The third-order valence-electron chi connectivity index (χ3n) is 4.18. The number of aromatic nitrogens is 2. The first-order chi connectivity index (χ1) is 11.1. The van der Waals surface area contributed by atoms with Crippen molar-refractivity contribution < 1.29 is 14.4 Å². The van der Waals surface area contributed by atoms with Crippen molar-refractivity contribution in [3.63, 3.8) is 0 Å². The molecular formula is C17H23N3O3. The molecule has 2 aromatic rings. The predicted molar refractivity (Wildman–Crippen MR) is 85.2 cm³/mol. The fraction of sp³-hybridized carbons (Fsp3) is 0.529. The van der Waals surface area contributed by atoms with Crippen LogP contribution in [0.2, 0.25) is 0 Å². The van der Waals surface area contributed by atoms with Crippen molar-refractivity contribution in [3.05, 3.63) is 41.5 Å². The molecule has 1 aromatic heterocycles. The summed E-state index contributed by atoms with van der Waals surface area (Å²) in [7, 11) is 1.66. The smallest absolute Gasteiger partial charge is 0.244 e. The van der Waals surface area contributed by atoms with Crippen LogP contribution in [0.3, 0.4) is 0 Å². The highest BCUT2D eigenvalue weighted by molar-refractivity contribution is 5.27. The molecule has 1 aliphatic heterocycles. The molecule has 0 radical (unpaired) electrons. The monoisotopic (exact) mass is 317 g/mol. The second-order valence-corrected chi connectivity index (χ2v) is 6.33. The number of aliphatic hydroxyl groups excluding tert-OH is 1. The number of hydrogen-bond acceptors (Lipinski definition) is 6. The van der Waals surface area contributed by atoms with Crippen molar-refractivity contribution >= 4 is 0 Å². The van der Waals surface area contributed by atoms with E-state index in [1.807, 2.05) is 38.1 Å². The number of hydrogen-bond donors (Lipinski definition) is 1. The van der Waals surface area contributed by atoms with Crippen LogP contribution in [0.25, 0.3) is 0 Å². The normalized spacial score (nSPS) is 22.0. The second-order valence-electron chi connectivity index (χ2n) is 6.33. The summed E-state index contributed by atoms with van der Waals surface area (Å²) in [6.45, 7) is 5.40. The number of rotatable bonds is 5. The van der Waals surface area contributed by atoms with E-state index in [1.54, 1.807) is 7.11 Å². The largest absolute Gasteiger partial charge is 0.497 e. The number of methoxy groups -OCH3 is 1. The van der Waals surface area contributed by atoms with E-state index in [-0.39, 0.29) is 18.1 Å². The van der Waals surface area contributed by atoms with Crippen LogP contribution < -0.4 is 4.74 Å². The van der Waals surface area contributed by atoms with Crippen molar-refractivity contribution in [2.24, 2.45) is 0 Å². The molecule has 124 valence electrons. The van der Waals surface area contributed by atoms with Crippen LogP contribution in [-0.4, -0.2) is 39.9 Å². The van der Waals surface area contributed by atoms with Gasteiger partial charge in [0.1, 0.15) is 5.75 Å². The second kappa shape index (κ2) is 6.68.